The van der Waals surface area contributed by atoms with E-state index in [1.54, 1.807) is 0 Å². The lowest BCUT2D eigenvalue weighted by molar-refractivity contribution is -0.121. The molecule has 0 unspecified atom stereocenters. The minimum absolute atomic E-state index is 0. The van der Waals surface area contributed by atoms with Crippen LogP contribution in [-0.4, -0.2) is 37.0 Å². The van der Waals surface area contributed by atoms with Crippen molar-refractivity contribution in [3.63, 3.8) is 0 Å². The van der Waals surface area contributed by atoms with Gasteiger partial charge in [0.05, 0.1) is 0 Å². The van der Waals surface area contributed by atoms with E-state index in [1.807, 2.05) is 11.3 Å². The maximum Gasteiger partial charge on any atom is 0.221 e. The number of hydrogen-bond donors (Lipinski definition) is 2. The number of likely N-dealkylation sites (tertiary alicyclic amines) is 1. The van der Waals surface area contributed by atoms with Gasteiger partial charge in [-0.15, -0.1) is 23.7 Å². The summed E-state index contributed by atoms with van der Waals surface area (Å²) in [4.78, 5) is 15.3. The first-order valence-electron chi connectivity index (χ1n) is 6.99. The summed E-state index contributed by atoms with van der Waals surface area (Å²) in [5.41, 5.74) is 5.35. The molecule has 1 amide bonds. The van der Waals surface area contributed by atoms with Crippen LogP contribution in [0, 0.1) is 5.92 Å². The summed E-state index contributed by atoms with van der Waals surface area (Å²) >= 11 is 1.83. The summed E-state index contributed by atoms with van der Waals surface area (Å²) < 4.78 is 0. The molecule has 1 aromatic rings. The molecule has 1 fully saturated rings. The summed E-state index contributed by atoms with van der Waals surface area (Å²) in [6.45, 7) is 4.59. The van der Waals surface area contributed by atoms with Crippen LogP contribution in [0.2, 0.25) is 0 Å². The van der Waals surface area contributed by atoms with Crippen molar-refractivity contribution in [2.24, 2.45) is 11.7 Å². The van der Waals surface area contributed by atoms with E-state index in [-0.39, 0.29) is 18.3 Å². The Morgan fingerprint density at radius 3 is 2.80 bits per heavy atom. The Balaban J connectivity index is 0.00000200. The first-order chi connectivity index (χ1) is 9.28. The molecule has 0 aromatic carbocycles. The van der Waals surface area contributed by atoms with Crippen LogP contribution in [0.4, 0.5) is 0 Å². The van der Waals surface area contributed by atoms with E-state index in [1.165, 1.54) is 17.7 Å². The molecule has 3 N–H and O–H groups in total. The number of rotatable bonds is 6. The molecule has 6 heteroatoms. The molecule has 0 bridgehead atoms. The van der Waals surface area contributed by atoms with Crippen molar-refractivity contribution in [2.45, 2.75) is 25.8 Å². The zero-order valence-corrected chi connectivity index (χ0v) is 13.3. The third-order valence-corrected chi connectivity index (χ3v) is 4.49. The molecule has 0 aliphatic carbocycles. The predicted molar refractivity (Wildman–Crippen MR) is 86.2 cm³/mol. The van der Waals surface area contributed by atoms with Crippen LogP contribution in [0.15, 0.2) is 17.5 Å². The Kier molecular flexibility index (Phi) is 8.14. The zero-order valence-electron chi connectivity index (χ0n) is 11.7. The number of nitrogens with two attached hydrogens (primary N) is 1. The number of carbonyl (C=O) groups is 1. The molecule has 0 spiro atoms. The maximum absolute atomic E-state index is 11.4. The van der Waals surface area contributed by atoms with Gasteiger partial charge in [0.25, 0.3) is 0 Å². The molecule has 4 nitrogen and oxygen atoms in total. The van der Waals surface area contributed by atoms with Crippen LogP contribution >= 0.6 is 23.7 Å². The van der Waals surface area contributed by atoms with Crippen molar-refractivity contribution >= 4 is 29.7 Å². The van der Waals surface area contributed by atoms with Crippen molar-refractivity contribution in [1.82, 2.24) is 10.2 Å². The van der Waals surface area contributed by atoms with E-state index in [9.17, 15) is 4.79 Å². The second-order valence-electron chi connectivity index (χ2n) is 5.14. The molecular weight excluding hydrogens is 294 g/mol. The normalized spacial score (nSPS) is 16.6. The summed E-state index contributed by atoms with van der Waals surface area (Å²) in [6, 6.07) is 4.31. The first kappa shape index (κ1) is 17.4. The summed E-state index contributed by atoms with van der Waals surface area (Å²) in [5.74, 6) is 0.713. The smallest absolute Gasteiger partial charge is 0.221 e. The minimum Gasteiger partial charge on any atom is -0.356 e. The van der Waals surface area contributed by atoms with Gasteiger partial charge in [0.15, 0.2) is 0 Å². The number of nitrogens with zero attached hydrogens (tertiary/aromatic N) is 1. The van der Waals surface area contributed by atoms with Gasteiger partial charge in [0.2, 0.25) is 5.91 Å². The Labute approximate surface area is 131 Å². The van der Waals surface area contributed by atoms with Gasteiger partial charge in [-0.3, -0.25) is 9.69 Å². The van der Waals surface area contributed by atoms with Gasteiger partial charge in [-0.25, -0.2) is 0 Å². The minimum atomic E-state index is 0. The van der Waals surface area contributed by atoms with Gasteiger partial charge < -0.3 is 11.1 Å². The van der Waals surface area contributed by atoms with Gasteiger partial charge in [-0.05, 0) is 43.3 Å². The van der Waals surface area contributed by atoms with Crippen LogP contribution in [0.25, 0.3) is 0 Å². The van der Waals surface area contributed by atoms with Gasteiger partial charge >= 0.3 is 0 Å². The molecule has 1 aliphatic rings. The predicted octanol–water partition coefficient (Wildman–Crippen LogP) is 1.85. The number of piperidine rings is 1. The van der Waals surface area contributed by atoms with Crippen LogP contribution in [0.1, 0.15) is 24.1 Å². The summed E-state index contributed by atoms with van der Waals surface area (Å²) in [6.07, 6.45) is 2.79. The van der Waals surface area contributed by atoms with E-state index < -0.39 is 0 Å². The maximum atomic E-state index is 11.4. The lowest BCUT2D eigenvalue weighted by Gasteiger charge is -2.31. The summed E-state index contributed by atoms with van der Waals surface area (Å²) in [5, 5.41) is 5.11. The molecule has 1 aromatic heterocycles. The molecule has 0 saturated carbocycles. The standard InChI is InChI=1S/C14H23N3OS.ClH/c15-6-3-14(18)16-10-12-4-7-17(8-5-12)11-13-2-1-9-19-13;/h1-2,9,12H,3-8,10-11,15H2,(H,16,18);1H. The Bertz CT molecular complexity index is 378. The van der Waals surface area contributed by atoms with Crippen molar-refractivity contribution in [2.75, 3.05) is 26.2 Å². The second-order valence-corrected chi connectivity index (χ2v) is 6.17. The molecular formula is C14H24ClN3OS. The number of hydrogen-bond acceptors (Lipinski definition) is 4. The molecule has 2 heterocycles. The molecule has 1 saturated heterocycles. The van der Waals surface area contributed by atoms with E-state index in [4.69, 9.17) is 5.73 Å². The highest BCUT2D eigenvalue weighted by Crippen LogP contribution is 2.20. The highest BCUT2D eigenvalue weighted by Gasteiger charge is 2.19. The Morgan fingerprint density at radius 2 is 2.20 bits per heavy atom. The number of amides is 1. The Morgan fingerprint density at radius 1 is 1.45 bits per heavy atom. The number of carbonyl (C=O) groups excluding carboxylic acids is 1. The number of thiophene rings is 1. The van der Waals surface area contributed by atoms with Gasteiger partial charge in [0.1, 0.15) is 0 Å². The fourth-order valence-corrected chi connectivity index (χ4v) is 3.20. The summed E-state index contributed by atoms with van der Waals surface area (Å²) in [7, 11) is 0. The highest BCUT2D eigenvalue weighted by molar-refractivity contribution is 7.09. The molecule has 114 valence electrons. The van der Waals surface area contributed by atoms with Crippen LogP contribution < -0.4 is 11.1 Å². The SMILES string of the molecule is Cl.NCCC(=O)NCC1CCN(Cc2cccs2)CC1. The van der Waals surface area contributed by atoms with Gasteiger partial charge in [-0.2, -0.15) is 0 Å². The van der Waals surface area contributed by atoms with Gasteiger partial charge in [-0.1, -0.05) is 6.07 Å². The number of halogens is 1. The quantitative estimate of drug-likeness (QED) is 0.842. The molecule has 0 radical (unpaired) electrons. The molecule has 1 aliphatic heterocycles. The van der Waals surface area contributed by atoms with Crippen LogP contribution in [0.3, 0.4) is 0 Å². The number of nitrogens with one attached hydrogen (secondary N) is 1. The van der Waals surface area contributed by atoms with Crippen LogP contribution in [-0.2, 0) is 11.3 Å². The third kappa shape index (κ3) is 5.79. The van der Waals surface area contributed by atoms with E-state index in [0.29, 0.717) is 18.9 Å². The monoisotopic (exact) mass is 317 g/mol. The third-order valence-electron chi connectivity index (χ3n) is 3.63. The second kappa shape index (κ2) is 9.34. The molecule has 2 rings (SSSR count). The van der Waals surface area contributed by atoms with Crippen molar-refractivity contribution in [1.29, 1.82) is 0 Å². The average molecular weight is 318 g/mol. The van der Waals surface area contributed by atoms with E-state index >= 15 is 0 Å². The highest BCUT2D eigenvalue weighted by atomic mass is 35.5. The molecule has 0 atom stereocenters. The van der Waals surface area contributed by atoms with E-state index in [0.717, 1.165) is 26.2 Å². The van der Waals surface area contributed by atoms with Crippen molar-refractivity contribution in [3.8, 4) is 0 Å². The van der Waals surface area contributed by atoms with E-state index in [2.05, 4.69) is 27.7 Å². The fraction of sp³-hybridized carbons (Fsp3) is 0.643. The largest absolute Gasteiger partial charge is 0.356 e. The lowest BCUT2D eigenvalue weighted by atomic mass is 9.96. The van der Waals surface area contributed by atoms with Crippen LogP contribution in [0.5, 0.6) is 0 Å². The Hall–Kier alpha value is -0.620. The fourth-order valence-electron chi connectivity index (χ4n) is 2.45. The van der Waals surface area contributed by atoms with Crippen molar-refractivity contribution < 1.29 is 4.79 Å². The first-order valence-corrected chi connectivity index (χ1v) is 7.87. The lowest BCUT2D eigenvalue weighted by Crippen LogP contribution is -2.38. The molecule has 20 heavy (non-hydrogen) atoms. The zero-order chi connectivity index (χ0) is 13.5. The van der Waals surface area contributed by atoms with Gasteiger partial charge in [0, 0.05) is 30.9 Å². The van der Waals surface area contributed by atoms with Crippen molar-refractivity contribution in [3.05, 3.63) is 22.4 Å². The average Bonchev–Trinajstić information content (AvgIpc) is 2.91. The topological polar surface area (TPSA) is 58.4 Å².